The Bertz CT molecular complexity index is 881. The molecule has 0 unspecified atom stereocenters. The van der Waals surface area contributed by atoms with Crippen LogP contribution >= 0.6 is 11.3 Å². The van der Waals surface area contributed by atoms with E-state index in [-0.39, 0.29) is 5.91 Å². The van der Waals surface area contributed by atoms with Gasteiger partial charge in [0.15, 0.2) is 5.13 Å². The fraction of sp³-hybridized carbons (Fsp3) is 0.118. The third-order valence-electron chi connectivity index (χ3n) is 3.42. The number of carbonyl (C=O) groups excluding carboxylic acids is 2. The average molecular weight is 341 g/mol. The highest BCUT2D eigenvalue weighted by atomic mass is 32.1. The lowest BCUT2D eigenvalue weighted by atomic mass is 10.1. The maximum Gasteiger partial charge on any atom is 0.354 e. The molecule has 2 N–H and O–H groups in total. The zero-order valence-corrected chi connectivity index (χ0v) is 13.9. The zero-order valence-electron chi connectivity index (χ0n) is 13.1. The lowest BCUT2D eigenvalue weighted by molar-refractivity contribution is 0.0594. The van der Waals surface area contributed by atoms with Gasteiger partial charge in [-0.3, -0.25) is 10.1 Å². The Morgan fingerprint density at radius 2 is 2.00 bits per heavy atom. The molecule has 0 aliphatic rings. The molecule has 3 aromatic rings. The first-order valence-corrected chi connectivity index (χ1v) is 8.05. The molecule has 0 radical (unpaired) electrons. The van der Waals surface area contributed by atoms with Crippen LogP contribution in [-0.4, -0.2) is 29.0 Å². The molecule has 0 saturated heterocycles. The number of esters is 1. The molecule has 7 heteroatoms. The standard InChI is InChI=1S/C17H15N3O3S/c1-10-3-5-11(6-4-10)15(21)20-17-19-14(9-24-17)12-7-13(18-8-12)16(22)23-2/h3-9,18H,1-2H3,(H,19,20,21). The van der Waals surface area contributed by atoms with Gasteiger partial charge in [0, 0.05) is 22.7 Å². The van der Waals surface area contributed by atoms with Crippen molar-refractivity contribution in [3.8, 4) is 11.3 Å². The predicted molar refractivity (Wildman–Crippen MR) is 92.4 cm³/mol. The third kappa shape index (κ3) is 3.36. The second-order valence-electron chi connectivity index (χ2n) is 5.15. The highest BCUT2D eigenvalue weighted by Crippen LogP contribution is 2.26. The zero-order chi connectivity index (χ0) is 17.1. The van der Waals surface area contributed by atoms with Crippen LogP contribution in [0.2, 0.25) is 0 Å². The van der Waals surface area contributed by atoms with Crippen molar-refractivity contribution < 1.29 is 14.3 Å². The largest absolute Gasteiger partial charge is 0.464 e. The molecule has 24 heavy (non-hydrogen) atoms. The topological polar surface area (TPSA) is 84.1 Å². The van der Waals surface area contributed by atoms with Gasteiger partial charge in [-0.05, 0) is 25.1 Å². The van der Waals surface area contributed by atoms with E-state index in [1.165, 1.54) is 18.4 Å². The molecule has 0 atom stereocenters. The van der Waals surface area contributed by atoms with Gasteiger partial charge in [0.2, 0.25) is 0 Å². The number of H-pyrrole nitrogens is 1. The van der Waals surface area contributed by atoms with Gasteiger partial charge in [0.25, 0.3) is 5.91 Å². The number of anilines is 1. The van der Waals surface area contributed by atoms with Crippen LogP contribution in [0.4, 0.5) is 5.13 Å². The van der Waals surface area contributed by atoms with Gasteiger partial charge in [-0.2, -0.15) is 0 Å². The van der Waals surface area contributed by atoms with E-state index in [0.29, 0.717) is 22.1 Å². The number of amides is 1. The monoisotopic (exact) mass is 341 g/mol. The van der Waals surface area contributed by atoms with E-state index in [1.54, 1.807) is 24.4 Å². The minimum Gasteiger partial charge on any atom is -0.464 e. The second kappa shape index (κ2) is 6.67. The van der Waals surface area contributed by atoms with E-state index in [1.807, 2.05) is 24.4 Å². The quantitative estimate of drug-likeness (QED) is 0.712. The summed E-state index contributed by atoms with van der Waals surface area (Å²) in [5, 5.41) is 5.09. The number of carbonyl (C=O) groups is 2. The summed E-state index contributed by atoms with van der Waals surface area (Å²) in [5.74, 6) is -0.649. The average Bonchev–Trinajstić information content (AvgIpc) is 3.23. The smallest absolute Gasteiger partial charge is 0.354 e. The molecule has 0 aliphatic carbocycles. The first-order chi connectivity index (χ1) is 11.6. The van der Waals surface area contributed by atoms with Crippen LogP contribution in [0.5, 0.6) is 0 Å². The van der Waals surface area contributed by atoms with Crippen LogP contribution in [0.15, 0.2) is 41.9 Å². The number of thiazole rings is 1. The Morgan fingerprint density at radius 1 is 1.25 bits per heavy atom. The molecule has 6 nitrogen and oxygen atoms in total. The van der Waals surface area contributed by atoms with Crippen LogP contribution in [0.1, 0.15) is 26.4 Å². The molecule has 0 fully saturated rings. The maximum absolute atomic E-state index is 12.2. The molecular weight excluding hydrogens is 326 g/mol. The van der Waals surface area contributed by atoms with Gasteiger partial charge in [-0.15, -0.1) is 11.3 Å². The minimum atomic E-state index is -0.440. The van der Waals surface area contributed by atoms with Gasteiger partial charge in [0.1, 0.15) is 5.69 Å². The Morgan fingerprint density at radius 3 is 2.71 bits per heavy atom. The number of aromatic amines is 1. The number of benzene rings is 1. The molecule has 2 heterocycles. The summed E-state index contributed by atoms with van der Waals surface area (Å²) in [6.45, 7) is 1.97. The summed E-state index contributed by atoms with van der Waals surface area (Å²) in [6, 6.07) is 8.97. The molecule has 1 amide bonds. The minimum absolute atomic E-state index is 0.208. The number of ether oxygens (including phenoxy) is 1. The molecule has 0 bridgehead atoms. The summed E-state index contributed by atoms with van der Waals surface area (Å²) in [5.41, 5.74) is 3.45. The fourth-order valence-corrected chi connectivity index (χ4v) is 2.82. The summed E-state index contributed by atoms with van der Waals surface area (Å²) in [7, 11) is 1.32. The molecule has 0 aliphatic heterocycles. The number of aromatic nitrogens is 2. The Hall–Kier alpha value is -2.93. The Labute approximate surface area is 142 Å². The summed E-state index contributed by atoms with van der Waals surface area (Å²) in [4.78, 5) is 30.9. The van der Waals surface area contributed by atoms with Crippen molar-refractivity contribution >= 4 is 28.3 Å². The Balaban J connectivity index is 1.73. The Kier molecular flexibility index (Phi) is 4.43. The fourth-order valence-electron chi connectivity index (χ4n) is 2.11. The van der Waals surface area contributed by atoms with Gasteiger partial charge < -0.3 is 9.72 Å². The van der Waals surface area contributed by atoms with E-state index in [2.05, 4.69) is 20.0 Å². The number of methoxy groups -OCH3 is 1. The lowest BCUT2D eigenvalue weighted by Gasteiger charge is -2.01. The molecule has 3 rings (SSSR count). The third-order valence-corrected chi connectivity index (χ3v) is 4.18. The van der Waals surface area contributed by atoms with Crippen LogP contribution in [0.25, 0.3) is 11.3 Å². The number of rotatable bonds is 4. The first-order valence-electron chi connectivity index (χ1n) is 7.17. The molecule has 2 aromatic heterocycles. The van der Waals surface area contributed by atoms with Crippen molar-refractivity contribution in [1.29, 1.82) is 0 Å². The number of hydrogen-bond acceptors (Lipinski definition) is 5. The van der Waals surface area contributed by atoms with Crippen LogP contribution < -0.4 is 5.32 Å². The van der Waals surface area contributed by atoms with E-state index >= 15 is 0 Å². The number of aryl methyl sites for hydroxylation is 1. The van der Waals surface area contributed by atoms with Crippen LogP contribution in [-0.2, 0) is 4.74 Å². The number of hydrogen-bond donors (Lipinski definition) is 2. The predicted octanol–water partition coefficient (Wildman–Crippen LogP) is 3.49. The van der Waals surface area contributed by atoms with Crippen molar-refractivity contribution in [2.24, 2.45) is 0 Å². The molecular formula is C17H15N3O3S. The second-order valence-corrected chi connectivity index (χ2v) is 6.01. The number of nitrogens with one attached hydrogen (secondary N) is 2. The van der Waals surface area contributed by atoms with Crippen molar-refractivity contribution in [1.82, 2.24) is 9.97 Å². The van der Waals surface area contributed by atoms with E-state index in [9.17, 15) is 9.59 Å². The van der Waals surface area contributed by atoms with Crippen molar-refractivity contribution in [3.05, 3.63) is 58.7 Å². The lowest BCUT2D eigenvalue weighted by Crippen LogP contribution is -2.11. The summed E-state index contributed by atoms with van der Waals surface area (Å²) in [6.07, 6.45) is 1.67. The SMILES string of the molecule is COC(=O)c1cc(-c2csc(NC(=O)c3ccc(C)cc3)n2)c[nH]1. The van der Waals surface area contributed by atoms with Crippen LogP contribution in [0.3, 0.4) is 0 Å². The van der Waals surface area contributed by atoms with E-state index in [0.717, 1.165) is 11.1 Å². The summed E-state index contributed by atoms with van der Waals surface area (Å²) >= 11 is 1.32. The molecule has 1 aromatic carbocycles. The number of nitrogens with zero attached hydrogens (tertiary/aromatic N) is 1. The maximum atomic E-state index is 12.2. The highest BCUT2D eigenvalue weighted by molar-refractivity contribution is 7.14. The normalized spacial score (nSPS) is 10.4. The highest BCUT2D eigenvalue weighted by Gasteiger charge is 2.13. The first kappa shape index (κ1) is 15.9. The summed E-state index contributed by atoms with van der Waals surface area (Å²) < 4.78 is 4.66. The van der Waals surface area contributed by atoms with Crippen molar-refractivity contribution in [3.63, 3.8) is 0 Å². The van der Waals surface area contributed by atoms with E-state index in [4.69, 9.17) is 0 Å². The van der Waals surface area contributed by atoms with Crippen molar-refractivity contribution in [2.45, 2.75) is 6.92 Å². The van der Waals surface area contributed by atoms with Crippen molar-refractivity contribution in [2.75, 3.05) is 12.4 Å². The van der Waals surface area contributed by atoms with E-state index < -0.39 is 5.97 Å². The molecule has 0 spiro atoms. The van der Waals surface area contributed by atoms with Crippen LogP contribution in [0, 0.1) is 6.92 Å². The van der Waals surface area contributed by atoms with Gasteiger partial charge >= 0.3 is 5.97 Å². The van der Waals surface area contributed by atoms with Gasteiger partial charge in [0.05, 0.1) is 12.8 Å². The molecule has 0 saturated carbocycles. The van der Waals surface area contributed by atoms with Gasteiger partial charge in [-0.1, -0.05) is 17.7 Å². The van der Waals surface area contributed by atoms with Gasteiger partial charge in [-0.25, -0.2) is 9.78 Å². The molecule has 122 valence electrons.